The van der Waals surface area contributed by atoms with Crippen molar-refractivity contribution in [3.8, 4) is 11.8 Å². The minimum absolute atomic E-state index is 0. The molecule has 0 aliphatic heterocycles. The first-order valence-corrected chi connectivity index (χ1v) is 9.64. The highest BCUT2D eigenvalue weighted by molar-refractivity contribution is 5.90. The molecule has 1 saturated carbocycles. The van der Waals surface area contributed by atoms with Crippen molar-refractivity contribution in [2.75, 3.05) is 0 Å². The highest BCUT2D eigenvalue weighted by Crippen LogP contribution is 2.25. The number of rotatable bonds is 5. The normalized spacial score (nSPS) is 19.1. The fourth-order valence-corrected chi connectivity index (χ4v) is 3.25. The molecule has 1 aromatic heterocycles. The zero-order valence-corrected chi connectivity index (χ0v) is 16.5. The maximum atomic E-state index is 12.3. The van der Waals surface area contributed by atoms with Crippen LogP contribution in [0.4, 0.5) is 0 Å². The molecule has 0 bridgehead atoms. The van der Waals surface area contributed by atoms with Crippen LogP contribution in [0.1, 0.15) is 74.3 Å². The van der Waals surface area contributed by atoms with Crippen molar-refractivity contribution < 1.29 is 11.0 Å². The number of aryl methyl sites for hydroxylation is 1. The predicted octanol–water partition coefficient (Wildman–Crippen LogP) is 3.54. The number of benzene rings is 1. The second-order valence-corrected chi connectivity index (χ2v) is 7.51. The van der Waals surface area contributed by atoms with E-state index >= 15 is 0 Å². The maximum absolute atomic E-state index is 12.3. The number of nitrogens with zero attached hydrogens (tertiary/aromatic N) is 4. The Bertz CT molecular complexity index is 872. The number of hydrogen-bond donors (Lipinski definition) is 1. The molecule has 7 heteroatoms. The Balaban J connectivity index is 0.00000300. The van der Waals surface area contributed by atoms with Gasteiger partial charge >= 0.3 is 0 Å². The summed E-state index contributed by atoms with van der Waals surface area (Å²) < 4.78 is 6.05. The highest BCUT2D eigenvalue weighted by Gasteiger charge is 2.25. The molecule has 1 heterocycles. The third-order valence-corrected chi connectivity index (χ3v) is 5.00. The zero-order valence-electron chi connectivity index (χ0n) is 16.5. The van der Waals surface area contributed by atoms with Gasteiger partial charge in [0.05, 0.1) is 29.6 Å². The quantitative estimate of drug-likeness (QED) is 0.850. The van der Waals surface area contributed by atoms with Crippen molar-refractivity contribution in [2.45, 2.75) is 64.5 Å². The summed E-state index contributed by atoms with van der Waals surface area (Å²) in [5.41, 5.74) is 2.35. The summed E-state index contributed by atoms with van der Waals surface area (Å²) in [4.78, 5) is 16.5. The smallest absolute Gasteiger partial charge is 0.291 e. The average molecular weight is 381 g/mol. The monoisotopic (exact) mass is 381 g/mol. The molecule has 1 amide bonds. The van der Waals surface area contributed by atoms with Gasteiger partial charge in [0.25, 0.3) is 5.91 Å². The van der Waals surface area contributed by atoms with Crippen LogP contribution in [0, 0.1) is 18.3 Å². The summed E-state index contributed by atoms with van der Waals surface area (Å²) in [6.07, 6.45) is 5.11. The number of nitriles is 1. The Morgan fingerprint density at radius 1 is 1.29 bits per heavy atom. The number of ether oxygens (including phenoxy) is 1. The van der Waals surface area contributed by atoms with E-state index in [-0.39, 0.29) is 31.2 Å². The van der Waals surface area contributed by atoms with Crippen LogP contribution in [0.15, 0.2) is 24.4 Å². The van der Waals surface area contributed by atoms with Gasteiger partial charge in [0.15, 0.2) is 0 Å². The maximum Gasteiger partial charge on any atom is 0.291 e. The first-order valence-electron chi connectivity index (χ1n) is 9.64. The van der Waals surface area contributed by atoms with Gasteiger partial charge in [0.2, 0.25) is 5.82 Å². The van der Waals surface area contributed by atoms with E-state index in [0.717, 1.165) is 42.7 Å². The van der Waals surface area contributed by atoms with Gasteiger partial charge in [-0.3, -0.25) is 4.79 Å². The van der Waals surface area contributed by atoms with E-state index < -0.39 is 0 Å². The summed E-state index contributed by atoms with van der Waals surface area (Å²) in [5, 5.41) is 20.0. The van der Waals surface area contributed by atoms with Crippen molar-refractivity contribution in [2.24, 2.45) is 0 Å². The van der Waals surface area contributed by atoms with Crippen molar-refractivity contribution >= 4 is 5.91 Å². The van der Waals surface area contributed by atoms with Crippen molar-refractivity contribution in [3.63, 3.8) is 0 Å². The van der Waals surface area contributed by atoms with Gasteiger partial charge in [0, 0.05) is 7.47 Å². The molecule has 0 radical (unpaired) electrons. The fraction of sp³-hybridized carbons (Fsp3) is 0.476. The highest BCUT2D eigenvalue weighted by atomic mass is 16.5. The summed E-state index contributed by atoms with van der Waals surface area (Å²) in [6.45, 7) is 5.92. The Morgan fingerprint density at radius 2 is 2.04 bits per heavy atom. The van der Waals surface area contributed by atoms with E-state index in [1.165, 1.54) is 0 Å². The van der Waals surface area contributed by atoms with Crippen LogP contribution in [0.5, 0.6) is 5.75 Å². The van der Waals surface area contributed by atoms with Crippen molar-refractivity contribution in [1.29, 1.82) is 5.26 Å². The lowest BCUT2D eigenvalue weighted by Crippen LogP contribution is -2.40. The molecule has 7 nitrogen and oxygen atoms in total. The zero-order chi connectivity index (χ0) is 20.1. The number of carbonyl (C=O) groups is 1. The number of amides is 1. The van der Waals surface area contributed by atoms with E-state index in [0.29, 0.717) is 5.56 Å². The van der Waals surface area contributed by atoms with Gasteiger partial charge < -0.3 is 10.1 Å². The van der Waals surface area contributed by atoms with Gasteiger partial charge in [-0.05, 0) is 62.3 Å². The molecule has 28 heavy (non-hydrogen) atoms. The molecule has 0 atom stereocenters. The Morgan fingerprint density at radius 3 is 2.61 bits per heavy atom. The molecule has 0 unspecified atom stereocenters. The minimum Gasteiger partial charge on any atom is -0.490 e. The van der Waals surface area contributed by atoms with E-state index in [1.807, 2.05) is 32.9 Å². The van der Waals surface area contributed by atoms with E-state index in [1.54, 1.807) is 12.3 Å². The SMILES string of the molecule is Cc1cc(OC2CCC(NC(=O)c3ncc(C(C)C)nn3)CC2)ccc1C#N.[HH]. The minimum atomic E-state index is -0.283. The second-order valence-electron chi connectivity index (χ2n) is 7.51. The Kier molecular flexibility index (Phi) is 6.19. The largest absolute Gasteiger partial charge is 0.490 e. The van der Waals surface area contributed by atoms with E-state index in [2.05, 4.69) is 26.6 Å². The molecule has 1 aromatic carbocycles. The third-order valence-electron chi connectivity index (χ3n) is 5.00. The lowest BCUT2D eigenvalue weighted by Gasteiger charge is -2.29. The molecule has 1 fully saturated rings. The number of aromatic nitrogens is 3. The number of nitrogens with one attached hydrogen (secondary N) is 1. The lowest BCUT2D eigenvalue weighted by atomic mass is 9.93. The van der Waals surface area contributed by atoms with Crippen molar-refractivity contribution in [3.05, 3.63) is 47.0 Å². The van der Waals surface area contributed by atoms with Gasteiger partial charge in [-0.1, -0.05) is 13.8 Å². The van der Waals surface area contributed by atoms with Gasteiger partial charge in [-0.25, -0.2) is 4.98 Å². The summed E-state index contributed by atoms with van der Waals surface area (Å²) >= 11 is 0. The second kappa shape index (κ2) is 8.79. The average Bonchev–Trinajstić information content (AvgIpc) is 2.69. The topological polar surface area (TPSA) is 101 Å². The molecular formula is C21H27N5O2. The van der Waals surface area contributed by atoms with E-state index in [9.17, 15) is 4.79 Å². The van der Waals surface area contributed by atoms with Gasteiger partial charge in [-0.15, -0.1) is 5.10 Å². The van der Waals surface area contributed by atoms with Crippen molar-refractivity contribution in [1.82, 2.24) is 20.5 Å². The summed E-state index contributed by atoms with van der Waals surface area (Å²) in [5.74, 6) is 0.840. The van der Waals surface area contributed by atoms with Gasteiger partial charge in [0.1, 0.15) is 5.75 Å². The van der Waals surface area contributed by atoms with Crippen LogP contribution in [-0.2, 0) is 0 Å². The third kappa shape index (κ3) is 4.83. The molecule has 1 N–H and O–H groups in total. The molecular weight excluding hydrogens is 354 g/mol. The van der Waals surface area contributed by atoms with Crippen LogP contribution in [0.3, 0.4) is 0 Å². The molecule has 0 spiro atoms. The van der Waals surface area contributed by atoms with Crippen LogP contribution in [0.25, 0.3) is 0 Å². The molecule has 3 rings (SSSR count). The Labute approximate surface area is 166 Å². The predicted molar refractivity (Wildman–Crippen MR) is 106 cm³/mol. The summed E-state index contributed by atoms with van der Waals surface area (Å²) in [7, 11) is 0. The first kappa shape index (κ1) is 19.7. The molecule has 0 saturated heterocycles. The van der Waals surface area contributed by atoms with E-state index in [4.69, 9.17) is 10.00 Å². The van der Waals surface area contributed by atoms with Crippen LogP contribution in [0.2, 0.25) is 0 Å². The standard InChI is InChI=1S/C21H25N5O2.H2/c1-13(2)19-12-23-20(26-25-19)21(27)24-16-5-8-17(9-6-16)28-18-7-4-15(11-22)14(3)10-18;/h4,7,10,12-13,16-17H,5-6,8-9H2,1-3H3,(H,24,27);1H. The first-order chi connectivity index (χ1) is 13.5. The molecule has 1 aliphatic carbocycles. The van der Waals surface area contributed by atoms with Crippen LogP contribution >= 0.6 is 0 Å². The summed E-state index contributed by atoms with van der Waals surface area (Å²) in [6, 6.07) is 7.77. The lowest BCUT2D eigenvalue weighted by molar-refractivity contribution is 0.0882. The fourth-order valence-electron chi connectivity index (χ4n) is 3.25. The molecule has 148 valence electrons. The Hall–Kier alpha value is -3.01. The van der Waals surface area contributed by atoms with Crippen LogP contribution in [-0.4, -0.2) is 33.2 Å². The van der Waals surface area contributed by atoms with Gasteiger partial charge in [-0.2, -0.15) is 10.4 Å². The molecule has 1 aliphatic rings. The number of carbonyl (C=O) groups excluding carboxylic acids is 1. The molecule has 2 aromatic rings. The van der Waals surface area contributed by atoms with Crippen LogP contribution < -0.4 is 10.1 Å². The number of hydrogen-bond acceptors (Lipinski definition) is 6.